The normalized spacial score (nSPS) is 21.2. The topological polar surface area (TPSA) is 160 Å². The predicted molar refractivity (Wildman–Crippen MR) is 220 cm³/mol. The highest BCUT2D eigenvalue weighted by molar-refractivity contribution is 7.90. The van der Waals surface area contributed by atoms with Crippen molar-refractivity contribution in [3.8, 4) is 0 Å². The fourth-order valence-electron chi connectivity index (χ4n) is 8.10. The fourth-order valence-corrected chi connectivity index (χ4v) is 8.79. The number of hydrogen-bond acceptors (Lipinski definition) is 11. The molecule has 13 nitrogen and oxygen atoms in total. The van der Waals surface area contributed by atoms with E-state index in [1.165, 1.54) is 18.2 Å². The molecular formula is C42H55F3N8O5S. The predicted octanol–water partition coefficient (Wildman–Crippen LogP) is 5.68. The smallest absolute Gasteiger partial charge is 0.391 e. The first-order chi connectivity index (χ1) is 27.8. The molecule has 2 amide bonds. The molecule has 17 heteroatoms. The lowest BCUT2D eigenvalue weighted by atomic mass is 9.81. The number of rotatable bonds is 12. The summed E-state index contributed by atoms with van der Waals surface area (Å²) < 4.78 is 65.4. The van der Waals surface area contributed by atoms with Crippen LogP contribution in [-0.4, -0.2) is 114 Å². The molecule has 2 saturated heterocycles. The number of alkyl halides is 3. The summed E-state index contributed by atoms with van der Waals surface area (Å²) in [6, 6.07) is 12.6. The quantitative estimate of drug-likeness (QED) is 0.178. The highest BCUT2D eigenvalue weighted by Gasteiger charge is 2.38. The van der Waals surface area contributed by atoms with E-state index < -0.39 is 27.4 Å². The van der Waals surface area contributed by atoms with Crippen LogP contribution in [0, 0.1) is 11.3 Å². The van der Waals surface area contributed by atoms with Gasteiger partial charge >= 0.3 is 6.18 Å². The van der Waals surface area contributed by atoms with Gasteiger partial charge in [0, 0.05) is 87.2 Å². The zero-order valence-corrected chi connectivity index (χ0v) is 34.9. The number of carbonyl (C=O) groups is 2. The van der Waals surface area contributed by atoms with Crippen LogP contribution in [0.3, 0.4) is 0 Å². The maximum Gasteiger partial charge on any atom is 0.421 e. The van der Waals surface area contributed by atoms with E-state index in [0.717, 1.165) is 57.3 Å². The van der Waals surface area contributed by atoms with Crippen LogP contribution in [-0.2, 0) is 27.4 Å². The number of aromatic nitrogens is 2. The third kappa shape index (κ3) is 11.1. The molecule has 3 aliphatic rings. The Morgan fingerprint density at radius 1 is 0.949 bits per heavy atom. The van der Waals surface area contributed by atoms with E-state index in [1.54, 1.807) is 30.3 Å². The number of nitrogens with one attached hydrogen (secondary N) is 3. The van der Waals surface area contributed by atoms with Crippen molar-refractivity contribution < 1.29 is 36.3 Å². The molecule has 0 bridgehead atoms. The highest BCUT2D eigenvalue weighted by atomic mass is 32.2. The average molecular weight is 841 g/mol. The van der Waals surface area contributed by atoms with Crippen molar-refractivity contribution in [1.82, 2.24) is 30.0 Å². The summed E-state index contributed by atoms with van der Waals surface area (Å²) in [5, 5.41) is 18.9. The lowest BCUT2D eigenvalue weighted by Crippen LogP contribution is -2.53. The number of benzene rings is 2. The van der Waals surface area contributed by atoms with Gasteiger partial charge in [-0.3, -0.25) is 14.5 Å². The molecule has 1 saturated carbocycles. The van der Waals surface area contributed by atoms with Crippen molar-refractivity contribution in [2.75, 3.05) is 56.2 Å². The monoisotopic (exact) mass is 840 g/mol. The molecule has 3 fully saturated rings. The summed E-state index contributed by atoms with van der Waals surface area (Å²) in [5.41, 5.74) is 0.928. The van der Waals surface area contributed by atoms with Gasteiger partial charge in [0.25, 0.3) is 5.91 Å². The molecular weight excluding hydrogens is 786 g/mol. The summed E-state index contributed by atoms with van der Waals surface area (Å²) in [6.45, 7) is 14.3. The number of aliphatic hydroxyl groups is 1. The molecule has 2 atom stereocenters. The van der Waals surface area contributed by atoms with E-state index in [-0.39, 0.29) is 52.7 Å². The van der Waals surface area contributed by atoms with E-state index in [9.17, 15) is 36.3 Å². The van der Waals surface area contributed by atoms with Crippen LogP contribution in [0.1, 0.15) is 74.4 Å². The van der Waals surface area contributed by atoms with Crippen molar-refractivity contribution in [1.29, 1.82) is 0 Å². The van der Waals surface area contributed by atoms with Crippen molar-refractivity contribution in [2.45, 2.75) is 88.7 Å². The number of likely N-dealkylation sites (tertiary alicyclic amines) is 1. The van der Waals surface area contributed by atoms with E-state index >= 15 is 0 Å². The third-order valence-corrected chi connectivity index (χ3v) is 12.6. The Bertz CT molecular complexity index is 2100. The van der Waals surface area contributed by atoms with Gasteiger partial charge in [-0.2, -0.15) is 18.2 Å². The molecule has 3 aromatic rings. The minimum atomic E-state index is -4.74. The summed E-state index contributed by atoms with van der Waals surface area (Å²) in [6.07, 6.45) is 0.703. The first-order valence-corrected chi connectivity index (χ1v) is 21.9. The number of carbonyl (C=O) groups excluding carboxylic acids is 2. The van der Waals surface area contributed by atoms with Gasteiger partial charge in [0.15, 0.2) is 9.84 Å². The second-order valence-electron chi connectivity index (χ2n) is 17.0. The molecule has 2 aromatic carbocycles. The molecule has 59 heavy (non-hydrogen) atoms. The Hall–Kier alpha value is -4.74. The molecule has 2 aliphatic heterocycles. The van der Waals surface area contributed by atoms with Crippen molar-refractivity contribution in [3.63, 3.8) is 0 Å². The Balaban J connectivity index is 0.985. The minimum absolute atomic E-state index is 0.0496. The van der Waals surface area contributed by atoms with E-state index in [0.29, 0.717) is 55.1 Å². The lowest BCUT2D eigenvalue weighted by Gasteiger charge is -2.42. The largest absolute Gasteiger partial charge is 0.421 e. The average Bonchev–Trinajstić information content (AvgIpc) is 3.64. The zero-order valence-electron chi connectivity index (χ0n) is 34.1. The second-order valence-corrected chi connectivity index (χ2v) is 19.0. The van der Waals surface area contributed by atoms with Crippen LogP contribution in [0.2, 0.25) is 0 Å². The number of β-amino-alcohol motifs (C(OH)–C–C–N with tert-alkyl or cyclic N) is 1. The van der Waals surface area contributed by atoms with Gasteiger partial charge in [-0.15, -0.1) is 0 Å². The number of nitrogens with zero attached hydrogens (tertiary/aromatic N) is 5. The molecule has 4 N–H and O–H groups in total. The van der Waals surface area contributed by atoms with Gasteiger partial charge in [-0.25, -0.2) is 13.4 Å². The number of amides is 2. The zero-order chi connectivity index (χ0) is 42.7. The first-order valence-electron chi connectivity index (χ1n) is 20.1. The Morgan fingerprint density at radius 2 is 1.63 bits per heavy atom. The van der Waals surface area contributed by atoms with Crippen LogP contribution in [0.5, 0.6) is 0 Å². The molecule has 3 heterocycles. The number of hydrogen-bond donors (Lipinski definition) is 4. The Kier molecular flexibility index (Phi) is 13.3. The van der Waals surface area contributed by atoms with E-state index in [4.69, 9.17) is 0 Å². The maximum absolute atomic E-state index is 13.8. The standard InChI is InChI=1S/C42H55F3N8O5S/c1-27(53-18-17-33(54)26-53)36(41(2,3)4)49-38(55)29-11-15-32(16-12-29)51-19-21-52(22-20-51)39(56)30-9-13-31(14-10-30)48-40-47-25-35(42(43,44)45)37(50-40)46-24-28-7-6-8-34(23-28)59(5,57)58/h6-10,13-14,23,25,29,32-33,36,54H,1,11-12,15-22,24,26H2,2-5H3,(H,49,55)(H2,46,47,48,50)/t29?,32?,33-,36-/m1/s1. The summed E-state index contributed by atoms with van der Waals surface area (Å²) in [4.78, 5) is 41.3. The van der Waals surface area contributed by atoms with Crippen LogP contribution >= 0.6 is 0 Å². The van der Waals surface area contributed by atoms with Crippen molar-refractivity contribution in [3.05, 3.63) is 83.7 Å². The van der Waals surface area contributed by atoms with Gasteiger partial charge in [-0.05, 0) is 79.5 Å². The van der Waals surface area contributed by atoms with Gasteiger partial charge in [0.1, 0.15) is 11.4 Å². The van der Waals surface area contributed by atoms with Crippen LogP contribution in [0.15, 0.2) is 71.9 Å². The fraction of sp³-hybridized carbons (Fsp3) is 0.524. The molecule has 320 valence electrons. The third-order valence-electron chi connectivity index (χ3n) is 11.5. The molecule has 0 unspecified atom stereocenters. The molecule has 1 aliphatic carbocycles. The van der Waals surface area contributed by atoms with Gasteiger partial charge in [0.2, 0.25) is 11.9 Å². The molecule has 6 rings (SSSR count). The summed E-state index contributed by atoms with van der Waals surface area (Å²) in [5.74, 6) is -0.712. The van der Waals surface area contributed by atoms with Crippen LogP contribution in [0.25, 0.3) is 0 Å². The SMILES string of the molecule is C=C([C@@H](NC(=O)C1CCC(N2CCN(C(=O)c3ccc(Nc4ncc(C(F)(F)F)c(NCc5cccc(S(C)(=O)=O)c5)n4)cc3)CC2)CC1)C(C)(C)C)N1CC[C@@H](O)C1. The van der Waals surface area contributed by atoms with E-state index in [2.05, 4.69) is 63.1 Å². The second kappa shape index (κ2) is 17.9. The van der Waals surface area contributed by atoms with Gasteiger partial charge in [-0.1, -0.05) is 39.5 Å². The number of sulfone groups is 1. The van der Waals surface area contributed by atoms with E-state index in [1.807, 2.05) is 4.90 Å². The summed E-state index contributed by atoms with van der Waals surface area (Å²) >= 11 is 0. The van der Waals surface area contributed by atoms with Crippen LogP contribution < -0.4 is 16.0 Å². The number of piperazine rings is 1. The van der Waals surface area contributed by atoms with Gasteiger partial charge < -0.3 is 30.9 Å². The van der Waals surface area contributed by atoms with Crippen molar-refractivity contribution >= 4 is 39.1 Å². The molecule has 0 radical (unpaired) electrons. The first kappa shape index (κ1) is 43.8. The van der Waals surface area contributed by atoms with Crippen molar-refractivity contribution in [2.24, 2.45) is 11.3 Å². The van der Waals surface area contributed by atoms with Gasteiger partial charge in [0.05, 0.1) is 17.0 Å². The minimum Gasteiger partial charge on any atom is -0.391 e. The Labute approximate surface area is 344 Å². The number of aliphatic hydroxyl groups excluding tert-OH is 1. The summed E-state index contributed by atoms with van der Waals surface area (Å²) in [7, 11) is -3.50. The molecule has 1 aromatic heterocycles. The highest BCUT2D eigenvalue weighted by Crippen LogP contribution is 2.35. The van der Waals surface area contributed by atoms with Crippen LogP contribution in [0.4, 0.5) is 30.6 Å². The molecule has 0 spiro atoms. The maximum atomic E-state index is 13.8. The lowest BCUT2D eigenvalue weighted by molar-refractivity contribution is -0.137. The Morgan fingerprint density at radius 3 is 2.22 bits per heavy atom. The number of halogens is 3. The number of anilines is 3.